The number of pyridine rings is 5. The summed E-state index contributed by atoms with van der Waals surface area (Å²) in [6.07, 6.45) is 33.1. The minimum Gasteiger partial charge on any atom is -0.466 e. The van der Waals surface area contributed by atoms with E-state index in [1.165, 1.54) is 20.4 Å². The third kappa shape index (κ3) is 26.9. The monoisotopic (exact) mass is 1830 g/mol. The number of benzene rings is 3. The van der Waals surface area contributed by atoms with Gasteiger partial charge in [-0.15, -0.1) is 0 Å². The molecule has 15 aromatic rings. The van der Waals surface area contributed by atoms with E-state index in [4.69, 9.17) is 29.2 Å². The smallest absolute Gasteiger partial charge is 0.337 e. The first-order valence-corrected chi connectivity index (χ1v) is 38.1. The zero-order chi connectivity index (χ0) is 82.1. The Morgan fingerprint density at radius 2 is 0.752 bits per heavy atom. The molecule has 15 rings (SSSR count). The summed E-state index contributed by atoms with van der Waals surface area (Å²) in [5, 5.41) is 11.8. The van der Waals surface area contributed by atoms with Crippen LogP contribution >= 0.6 is 63.7 Å². The van der Waals surface area contributed by atoms with E-state index >= 15 is 0 Å². The molecule has 12 aromatic heterocycles. The number of anilines is 9. The summed E-state index contributed by atoms with van der Waals surface area (Å²) >= 11 is 13.3. The number of rotatable bonds is 19. The highest BCUT2D eigenvalue weighted by Gasteiger charge is 2.20. The van der Waals surface area contributed by atoms with Crippen LogP contribution in [0.15, 0.2) is 296 Å². The second-order valence-corrected chi connectivity index (χ2v) is 27.8. The molecule has 3 aromatic carbocycles. The second-order valence-electron chi connectivity index (χ2n) is 24.3. The van der Waals surface area contributed by atoms with Gasteiger partial charge in [0.2, 0.25) is 0 Å². The SMILES string of the molecule is Brc1ccnc(Br)c1.Brc1ccnc(Nc2cnccn2)c1.COC(=O)c1ccc(CN(c2cnccn2)c2cc(-c3cc(C)oc3C)ccn2)cc1.COC(=O)c1ccc(CN(c2cnccn2)c2cc(Br)ccn2)cc1.Cc1cc(-c2ccnc(N(Cc3ccc(C(=O)NO)cc3)c3cnccn3)c2)c(C)o1.F.Nc1cnccn1. The average molecular weight is 1830 g/mol. The minimum absolute atomic E-state index is 0. The number of hydroxylamine groups is 1. The Bertz CT molecular complexity index is 5410. The van der Waals surface area contributed by atoms with Gasteiger partial charge in [-0.25, -0.2) is 64.9 Å². The first-order chi connectivity index (χ1) is 56.3. The van der Waals surface area contributed by atoms with Gasteiger partial charge in [-0.05, 0) is 181 Å². The maximum Gasteiger partial charge on any atom is 0.337 e. The van der Waals surface area contributed by atoms with Crippen molar-refractivity contribution in [2.24, 2.45) is 0 Å². The van der Waals surface area contributed by atoms with Gasteiger partial charge >= 0.3 is 11.9 Å². The molecule has 0 saturated carbocycles. The molecule has 0 aliphatic heterocycles. The van der Waals surface area contributed by atoms with Crippen LogP contribution in [0.1, 0.15) is 70.8 Å². The van der Waals surface area contributed by atoms with Crippen molar-refractivity contribution in [1.82, 2.24) is 80.2 Å². The number of aryl methyl sites for hydroxylation is 4. The summed E-state index contributed by atoms with van der Waals surface area (Å²) in [7, 11) is 2.74. The lowest BCUT2D eigenvalue weighted by atomic mass is 10.1. The first-order valence-electron chi connectivity index (χ1n) is 34.9. The van der Waals surface area contributed by atoms with Crippen LogP contribution in [0.3, 0.4) is 0 Å². The maximum absolute atomic E-state index is 11.7. The number of carbonyl (C=O) groups is 3. The van der Waals surface area contributed by atoms with Crippen LogP contribution in [-0.4, -0.2) is 112 Å². The Morgan fingerprint density at radius 3 is 1.08 bits per heavy atom. The number of nitrogens with zero attached hydrogens (tertiary/aromatic N) is 18. The van der Waals surface area contributed by atoms with E-state index in [1.807, 2.05) is 152 Å². The molecule has 0 unspecified atom stereocenters. The van der Waals surface area contributed by atoms with Crippen molar-refractivity contribution in [1.29, 1.82) is 0 Å². The molecule has 34 heteroatoms. The van der Waals surface area contributed by atoms with E-state index in [-0.39, 0.29) is 16.6 Å². The van der Waals surface area contributed by atoms with Crippen LogP contribution in [0.5, 0.6) is 0 Å². The van der Waals surface area contributed by atoms with E-state index in [2.05, 4.69) is 144 Å². The molecule has 0 fully saturated rings. The molecule has 0 aliphatic rings. The van der Waals surface area contributed by atoms with E-state index in [1.54, 1.807) is 160 Å². The number of ether oxygens (including phenoxy) is 2. The number of carbonyl (C=O) groups excluding carboxylic acids is 3. The van der Waals surface area contributed by atoms with Crippen LogP contribution < -0.4 is 31.2 Å². The van der Waals surface area contributed by atoms with Crippen molar-refractivity contribution < 1.29 is 42.6 Å². The van der Waals surface area contributed by atoms with Gasteiger partial charge in [-0.3, -0.25) is 39.6 Å². The lowest BCUT2D eigenvalue weighted by Crippen LogP contribution is -2.20. The summed E-state index contributed by atoms with van der Waals surface area (Å²) in [6.45, 7) is 9.23. The number of hydrogen-bond donors (Lipinski definition) is 4. The van der Waals surface area contributed by atoms with Crippen LogP contribution in [0, 0.1) is 27.7 Å². The average Bonchev–Trinajstić information content (AvgIpc) is 1.79. The lowest BCUT2D eigenvalue weighted by Gasteiger charge is -2.23. The van der Waals surface area contributed by atoms with Crippen molar-refractivity contribution >= 4 is 134 Å². The van der Waals surface area contributed by atoms with Crippen molar-refractivity contribution in [3.8, 4) is 22.3 Å². The van der Waals surface area contributed by atoms with E-state index in [9.17, 15) is 14.4 Å². The van der Waals surface area contributed by atoms with Gasteiger partial charge in [-0.1, -0.05) is 84.2 Å². The van der Waals surface area contributed by atoms with Crippen molar-refractivity contribution in [3.05, 3.63) is 344 Å². The number of nitrogen functional groups attached to an aromatic ring is 1. The Labute approximate surface area is 705 Å². The predicted octanol–water partition coefficient (Wildman–Crippen LogP) is 18.0. The second kappa shape index (κ2) is 44.9. The Hall–Kier alpha value is -13.4. The largest absolute Gasteiger partial charge is 0.466 e. The van der Waals surface area contributed by atoms with Crippen molar-refractivity contribution in [3.63, 3.8) is 0 Å². The number of methoxy groups -OCH3 is 2. The Kier molecular flexibility index (Phi) is 33.6. The molecule has 1 amide bonds. The normalized spacial score (nSPS) is 10.2. The van der Waals surface area contributed by atoms with E-state index in [0.29, 0.717) is 71.2 Å². The van der Waals surface area contributed by atoms with Crippen LogP contribution in [-0.2, 0) is 29.1 Å². The molecule has 0 radical (unpaired) electrons. The van der Waals surface area contributed by atoms with Crippen LogP contribution in [0.25, 0.3) is 22.3 Å². The van der Waals surface area contributed by atoms with Gasteiger partial charge in [0.15, 0.2) is 17.5 Å². The number of furan rings is 2. The fourth-order valence-corrected chi connectivity index (χ4v) is 12.4. The standard InChI is InChI=1S/C24H22N4O3.C23H21N5O3.C18H15BrN4O2.C9H7BrN4.C5H3Br2N.C4H5N3.FH/c1-16-12-21(17(2)31-16)20-8-9-26-22(13-20)28(23-14-25-10-11-27-23)15-18-4-6-19(7-5-18)24(29)30-3;1-15-11-20(16(2)31-15)19-7-8-25-21(12-19)28(22-13-24-9-10-26-22)14-17-3-5-18(6-4-17)23(29)27-30;1-25-18(24)14-4-2-13(3-5-14)12-23(17-11-20-8-9-22-17)16-10-15(19)6-7-21-16;10-7-1-2-12-8(5-7)14-9-6-11-3-4-13-9;6-4-1-2-8-5(7)3-4;5-4-3-6-1-2-7-4;/h4-14H,15H2,1-3H3;3-13,30H,14H2,1-2H3,(H,27,29);2-11H,12H2,1H3;1-6H,(H,12,13,14);1-3H;1-3H,(H2,5,7);1H. The molecule has 0 bridgehead atoms. The highest BCUT2D eigenvalue weighted by Crippen LogP contribution is 2.34. The fourth-order valence-electron chi connectivity index (χ4n) is 10.7. The number of hydrogen-bond acceptors (Lipinski definition) is 28. The Balaban J connectivity index is 0.000000171. The zero-order valence-corrected chi connectivity index (χ0v) is 69.7. The van der Waals surface area contributed by atoms with Crippen LogP contribution in [0.2, 0.25) is 0 Å². The molecule has 0 atom stereocenters. The van der Waals surface area contributed by atoms with Crippen molar-refractivity contribution in [2.75, 3.05) is 40.0 Å². The molecule has 12 heterocycles. The number of nitrogens with one attached hydrogen (secondary N) is 2. The highest BCUT2D eigenvalue weighted by atomic mass is 79.9. The minimum atomic E-state index is -0.558. The van der Waals surface area contributed by atoms with Gasteiger partial charge in [0.25, 0.3) is 5.91 Å². The molecular weight excluding hydrogens is 1760 g/mol. The first kappa shape index (κ1) is 87.6. The third-order valence-corrected chi connectivity index (χ3v) is 18.0. The number of amides is 1. The summed E-state index contributed by atoms with van der Waals surface area (Å²) in [4.78, 5) is 104. The van der Waals surface area contributed by atoms with Crippen molar-refractivity contribution in [2.45, 2.75) is 47.3 Å². The summed E-state index contributed by atoms with van der Waals surface area (Å²) in [6, 6.07) is 44.7. The predicted molar refractivity (Wildman–Crippen MR) is 455 cm³/mol. The van der Waals surface area contributed by atoms with Gasteiger partial charge < -0.3 is 44.1 Å². The van der Waals surface area contributed by atoms with Gasteiger partial charge in [-0.2, -0.15) is 0 Å². The molecule has 117 heavy (non-hydrogen) atoms. The van der Waals surface area contributed by atoms with Gasteiger partial charge in [0, 0.05) is 123 Å². The highest BCUT2D eigenvalue weighted by molar-refractivity contribution is 9.11. The number of halogens is 5. The van der Waals surface area contributed by atoms with E-state index in [0.717, 1.165) is 97.5 Å². The molecule has 0 saturated heterocycles. The quantitative estimate of drug-likeness (QED) is 0.0253. The molecule has 0 spiro atoms. The lowest BCUT2D eigenvalue weighted by molar-refractivity contribution is 0.0592. The van der Waals surface area contributed by atoms with Gasteiger partial charge in [0.1, 0.15) is 62.6 Å². The summed E-state index contributed by atoms with van der Waals surface area (Å²) in [5.74, 6) is 8.19. The van der Waals surface area contributed by atoms with E-state index < -0.39 is 5.91 Å². The molecule has 29 nitrogen and oxygen atoms in total. The molecule has 0 aliphatic carbocycles. The Morgan fingerprint density at radius 1 is 0.393 bits per heavy atom. The number of aromatic nitrogens is 15. The van der Waals surface area contributed by atoms with Crippen LogP contribution in [0.4, 0.5) is 57.1 Å². The molecule has 5 N–H and O–H groups in total. The fraction of sp³-hybridized carbons (Fsp3) is 0.108. The maximum atomic E-state index is 11.7. The summed E-state index contributed by atoms with van der Waals surface area (Å²) < 4.78 is 24.7. The zero-order valence-electron chi connectivity index (χ0n) is 63.4. The summed E-state index contributed by atoms with van der Waals surface area (Å²) in [5.41, 5.74) is 15.2. The topological polar surface area (TPSA) is 369 Å². The molecular formula is C83H74Br4FN21O8. The number of esters is 2. The number of nitrogens with two attached hydrogens (primary N) is 1. The van der Waals surface area contributed by atoms with Gasteiger partial charge in [0.05, 0.1) is 76.0 Å². The molecule has 594 valence electrons. The third-order valence-electron chi connectivity index (χ3n) is 16.1.